The zero-order valence-corrected chi connectivity index (χ0v) is 9.55. The summed E-state index contributed by atoms with van der Waals surface area (Å²) < 4.78 is 31.3. The van der Waals surface area contributed by atoms with Crippen molar-refractivity contribution in [1.29, 1.82) is 0 Å². The molecule has 88 valence electrons. The Labute approximate surface area is 103 Å². The summed E-state index contributed by atoms with van der Waals surface area (Å²) in [5.74, 6) is -0.678. The van der Waals surface area contributed by atoms with Gasteiger partial charge in [0.1, 0.15) is 24.0 Å². The molecule has 0 amide bonds. The van der Waals surface area contributed by atoms with Crippen LogP contribution in [0.2, 0.25) is 5.02 Å². The average Bonchev–Trinajstić information content (AvgIpc) is 2.28. The van der Waals surface area contributed by atoms with Crippen molar-refractivity contribution in [2.75, 3.05) is 0 Å². The summed E-state index contributed by atoms with van der Waals surface area (Å²) in [5, 5.41) is 0.544. The Morgan fingerprint density at radius 3 is 2.59 bits per heavy atom. The highest BCUT2D eigenvalue weighted by Gasteiger charge is 2.04. The summed E-state index contributed by atoms with van der Waals surface area (Å²) in [6.45, 7) is 0.0342. The predicted octanol–water partition coefficient (Wildman–Crippen LogP) is 4.20. The Kier molecular flexibility index (Phi) is 3.59. The SMILES string of the molecule is Fc1ccc(COc2cccc(Cl)c2)c(F)c1. The van der Waals surface area contributed by atoms with Crippen molar-refractivity contribution < 1.29 is 13.5 Å². The lowest BCUT2D eigenvalue weighted by atomic mass is 10.2. The molecule has 0 fully saturated rings. The molecule has 2 aromatic rings. The summed E-state index contributed by atoms with van der Waals surface area (Å²) in [6, 6.07) is 10.2. The van der Waals surface area contributed by atoms with Crippen LogP contribution in [0.1, 0.15) is 5.56 Å². The van der Waals surface area contributed by atoms with Gasteiger partial charge in [-0.2, -0.15) is 0 Å². The van der Waals surface area contributed by atoms with Gasteiger partial charge in [-0.05, 0) is 30.3 Å². The monoisotopic (exact) mass is 254 g/mol. The molecule has 0 aliphatic carbocycles. The molecule has 4 heteroatoms. The Balaban J connectivity index is 2.07. The third-order valence-electron chi connectivity index (χ3n) is 2.21. The molecule has 17 heavy (non-hydrogen) atoms. The van der Waals surface area contributed by atoms with E-state index in [1.165, 1.54) is 12.1 Å². The van der Waals surface area contributed by atoms with Gasteiger partial charge in [0, 0.05) is 16.7 Å². The third kappa shape index (κ3) is 3.17. The van der Waals surface area contributed by atoms with Crippen molar-refractivity contribution in [3.05, 3.63) is 64.7 Å². The fourth-order valence-corrected chi connectivity index (χ4v) is 1.54. The van der Waals surface area contributed by atoms with Gasteiger partial charge in [0.25, 0.3) is 0 Å². The minimum atomic E-state index is -0.618. The molecule has 0 atom stereocenters. The zero-order valence-electron chi connectivity index (χ0n) is 8.79. The lowest BCUT2D eigenvalue weighted by Gasteiger charge is -2.07. The molecule has 0 aliphatic heterocycles. The van der Waals surface area contributed by atoms with Crippen LogP contribution in [0.5, 0.6) is 5.75 Å². The second-order valence-electron chi connectivity index (χ2n) is 3.48. The molecule has 0 radical (unpaired) electrons. The zero-order chi connectivity index (χ0) is 12.3. The van der Waals surface area contributed by atoms with Crippen LogP contribution in [0.25, 0.3) is 0 Å². The molecule has 0 saturated carbocycles. The van der Waals surface area contributed by atoms with Crippen LogP contribution in [0.3, 0.4) is 0 Å². The molecular formula is C13H9ClF2O. The Hall–Kier alpha value is -1.61. The van der Waals surface area contributed by atoms with Crippen molar-refractivity contribution in [1.82, 2.24) is 0 Å². The van der Waals surface area contributed by atoms with Crippen molar-refractivity contribution in [3.8, 4) is 5.75 Å². The van der Waals surface area contributed by atoms with E-state index in [2.05, 4.69) is 0 Å². The first-order valence-electron chi connectivity index (χ1n) is 4.97. The molecule has 2 rings (SSSR count). The highest BCUT2D eigenvalue weighted by Crippen LogP contribution is 2.19. The van der Waals surface area contributed by atoms with Crippen LogP contribution in [-0.4, -0.2) is 0 Å². The van der Waals surface area contributed by atoms with E-state index < -0.39 is 11.6 Å². The first kappa shape index (κ1) is 11.9. The van der Waals surface area contributed by atoms with Gasteiger partial charge in [0.2, 0.25) is 0 Å². The molecule has 0 bridgehead atoms. The largest absolute Gasteiger partial charge is 0.489 e. The van der Waals surface area contributed by atoms with Crippen molar-refractivity contribution in [2.45, 2.75) is 6.61 Å². The van der Waals surface area contributed by atoms with E-state index in [1.807, 2.05) is 0 Å². The summed E-state index contributed by atoms with van der Waals surface area (Å²) in [4.78, 5) is 0. The number of rotatable bonds is 3. The lowest BCUT2D eigenvalue weighted by Crippen LogP contribution is -1.98. The standard InChI is InChI=1S/C13H9ClF2O/c14-10-2-1-3-12(6-10)17-8-9-4-5-11(15)7-13(9)16/h1-7H,8H2. The maximum Gasteiger partial charge on any atom is 0.132 e. The first-order valence-corrected chi connectivity index (χ1v) is 5.35. The molecule has 0 saturated heterocycles. The molecule has 2 aromatic carbocycles. The molecule has 0 spiro atoms. The van der Waals surface area contributed by atoms with E-state index in [1.54, 1.807) is 24.3 Å². The van der Waals surface area contributed by atoms with Crippen LogP contribution in [0.4, 0.5) is 8.78 Å². The Morgan fingerprint density at radius 1 is 1.06 bits per heavy atom. The number of hydrogen-bond acceptors (Lipinski definition) is 1. The topological polar surface area (TPSA) is 9.23 Å². The van der Waals surface area contributed by atoms with Gasteiger partial charge >= 0.3 is 0 Å². The van der Waals surface area contributed by atoms with E-state index >= 15 is 0 Å². The number of benzene rings is 2. The van der Waals surface area contributed by atoms with E-state index in [9.17, 15) is 8.78 Å². The van der Waals surface area contributed by atoms with Gasteiger partial charge in [-0.1, -0.05) is 17.7 Å². The van der Waals surface area contributed by atoms with E-state index in [0.717, 1.165) is 6.07 Å². The molecule has 1 nitrogen and oxygen atoms in total. The van der Waals surface area contributed by atoms with Gasteiger partial charge in [-0.25, -0.2) is 8.78 Å². The average molecular weight is 255 g/mol. The molecule has 0 aromatic heterocycles. The minimum Gasteiger partial charge on any atom is -0.489 e. The summed E-state index contributed by atoms with van der Waals surface area (Å²) in [5.41, 5.74) is 0.298. The lowest BCUT2D eigenvalue weighted by molar-refractivity contribution is 0.299. The minimum absolute atomic E-state index is 0.0342. The van der Waals surface area contributed by atoms with Crippen molar-refractivity contribution in [3.63, 3.8) is 0 Å². The third-order valence-corrected chi connectivity index (χ3v) is 2.44. The normalized spacial score (nSPS) is 10.3. The fraction of sp³-hybridized carbons (Fsp3) is 0.0769. The van der Waals surface area contributed by atoms with Crippen molar-refractivity contribution in [2.24, 2.45) is 0 Å². The van der Waals surface area contributed by atoms with E-state index in [-0.39, 0.29) is 6.61 Å². The maximum atomic E-state index is 13.3. The van der Waals surface area contributed by atoms with Crippen LogP contribution in [-0.2, 0) is 6.61 Å². The highest BCUT2D eigenvalue weighted by molar-refractivity contribution is 6.30. The van der Waals surface area contributed by atoms with E-state index in [0.29, 0.717) is 16.3 Å². The van der Waals surface area contributed by atoms with Gasteiger partial charge in [-0.15, -0.1) is 0 Å². The molecule has 0 heterocycles. The summed E-state index contributed by atoms with van der Waals surface area (Å²) >= 11 is 5.77. The fourth-order valence-electron chi connectivity index (χ4n) is 1.36. The first-order chi connectivity index (χ1) is 8.15. The number of hydrogen-bond donors (Lipinski definition) is 0. The van der Waals surface area contributed by atoms with Crippen LogP contribution >= 0.6 is 11.6 Å². The van der Waals surface area contributed by atoms with Gasteiger partial charge in [-0.3, -0.25) is 0 Å². The van der Waals surface area contributed by atoms with Gasteiger partial charge < -0.3 is 4.74 Å². The maximum absolute atomic E-state index is 13.3. The highest BCUT2D eigenvalue weighted by atomic mass is 35.5. The Bertz CT molecular complexity index is 529. The van der Waals surface area contributed by atoms with Crippen LogP contribution in [0.15, 0.2) is 42.5 Å². The number of halogens is 3. The smallest absolute Gasteiger partial charge is 0.132 e. The molecule has 0 unspecified atom stereocenters. The van der Waals surface area contributed by atoms with Crippen LogP contribution < -0.4 is 4.74 Å². The summed E-state index contributed by atoms with van der Waals surface area (Å²) in [7, 11) is 0. The van der Waals surface area contributed by atoms with Gasteiger partial charge in [0.15, 0.2) is 0 Å². The second kappa shape index (κ2) is 5.15. The molecule has 0 aliphatic rings. The Morgan fingerprint density at radius 2 is 1.88 bits per heavy atom. The molecular weight excluding hydrogens is 246 g/mol. The quantitative estimate of drug-likeness (QED) is 0.798. The number of ether oxygens (including phenoxy) is 1. The van der Waals surface area contributed by atoms with E-state index in [4.69, 9.17) is 16.3 Å². The second-order valence-corrected chi connectivity index (χ2v) is 3.92. The summed E-state index contributed by atoms with van der Waals surface area (Å²) in [6.07, 6.45) is 0. The molecule has 0 N–H and O–H groups in total. The van der Waals surface area contributed by atoms with Gasteiger partial charge in [0.05, 0.1) is 0 Å². The van der Waals surface area contributed by atoms with Crippen LogP contribution in [0, 0.1) is 11.6 Å². The van der Waals surface area contributed by atoms with Crippen molar-refractivity contribution >= 4 is 11.6 Å². The predicted molar refractivity (Wildman–Crippen MR) is 62.1 cm³/mol.